The van der Waals surface area contributed by atoms with Crippen LogP contribution in [-0.2, 0) is 5.60 Å². The second-order valence-corrected chi connectivity index (χ2v) is 14.7. The first-order valence-electron chi connectivity index (χ1n) is 12.0. The molecule has 174 valence electrons. The summed E-state index contributed by atoms with van der Waals surface area (Å²) >= 11 is 0. The van der Waals surface area contributed by atoms with Crippen LogP contribution in [0.1, 0.15) is 45.2 Å². The van der Waals surface area contributed by atoms with Crippen molar-refractivity contribution in [2.75, 3.05) is 0 Å². The van der Waals surface area contributed by atoms with Crippen molar-refractivity contribution in [1.29, 1.82) is 0 Å². The topological polar surface area (TPSA) is 40.5 Å². The first-order chi connectivity index (χ1) is 16.3. The summed E-state index contributed by atoms with van der Waals surface area (Å²) in [5, 5.41) is 27.0. The summed E-state index contributed by atoms with van der Waals surface area (Å²) in [5.74, 6) is 0.245. The largest absolute Gasteiger partial charge is 0.508 e. The van der Waals surface area contributed by atoms with Crippen LogP contribution in [-0.4, -0.2) is 18.3 Å². The minimum absolute atomic E-state index is 0.214. The zero-order valence-electron chi connectivity index (χ0n) is 20.5. The number of hydrogen-bond acceptors (Lipinski definition) is 2. The lowest BCUT2D eigenvalue weighted by atomic mass is 9.84. The van der Waals surface area contributed by atoms with Crippen molar-refractivity contribution in [2.45, 2.75) is 44.8 Å². The van der Waals surface area contributed by atoms with E-state index in [4.69, 9.17) is 0 Å². The van der Waals surface area contributed by atoms with E-state index in [1.54, 1.807) is 6.07 Å². The highest BCUT2D eigenvalue weighted by Gasteiger charge is 2.53. The maximum absolute atomic E-state index is 12.3. The van der Waals surface area contributed by atoms with Crippen LogP contribution in [0.2, 0.25) is 5.04 Å². The van der Waals surface area contributed by atoms with Gasteiger partial charge in [-0.1, -0.05) is 131 Å². The molecule has 1 unspecified atom stereocenters. The van der Waals surface area contributed by atoms with Crippen molar-refractivity contribution in [2.24, 2.45) is 0 Å². The summed E-state index contributed by atoms with van der Waals surface area (Å²) in [5.41, 5.74) is 0.389. The summed E-state index contributed by atoms with van der Waals surface area (Å²) in [6.07, 6.45) is 0.492. The van der Waals surface area contributed by atoms with Crippen LogP contribution in [0.15, 0.2) is 109 Å². The Balaban J connectivity index is 2.20. The lowest BCUT2D eigenvalue weighted by molar-refractivity contribution is 0.0773. The maximum Gasteiger partial charge on any atom is 0.158 e. The molecule has 2 N–H and O–H groups in total. The molecular formula is C31H34O2Si. The highest BCUT2D eigenvalue weighted by Crippen LogP contribution is 2.41. The van der Waals surface area contributed by atoms with Gasteiger partial charge < -0.3 is 10.2 Å². The zero-order chi connectivity index (χ0) is 24.4. The highest BCUT2D eigenvalue weighted by atomic mass is 28.3. The third-order valence-corrected chi connectivity index (χ3v) is 13.1. The highest BCUT2D eigenvalue weighted by molar-refractivity contribution is 7.13. The Morgan fingerprint density at radius 2 is 1.12 bits per heavy atom. The van der Waals surface area contributed by atoms with Crippen LogP contribution in [0.4, 0.5) is 0 Å². The predicted octanol–water partition coefficient (Wildman–Crippen LogP) is 5.31. The molecule has 0 heterocycles. The van der Waals surface area contributed by atoms with Gasteiger partial charge in [-0.2, -0.15) is 0 Å². The quantitative estimate of drug-likeness (QED) is 0.299. The first kappa shape index (κ1) is 24.0. The van der Waals surface area contributed by atoms with E-state index in [-0.39, 0.29) is 10.8 Å². The van der Waals surface area contributed by atoms with E-state index in [1.165, 1.54) is 10.4 Å². The Hall–Kier alpha value is -3.14. The number of aliphatic hydroxyl groups is 1. The van der Waals surface area contributed by atoms with Crippen molar-refractivity contribution >= 4 is 23.6 Å². The van der Waals surface area contributed by atoms with Gasteiger partial charge in [0.25, 0.3) is 0 Å². The van der Waals surface area contributed by atoms with Crippen LogP contribution in [0.25, 0.3) is 0 Å². The van der Waals surface area contributed by atoms with Gasteiger partial charge in [0.2, 0.25) is 0 Å². The van der Waals surface area contributed by atoms with Crippen molar-refractivity contribution in [3.8, 4) is 5.75 Å². The minimum atomic E-state index is -2.88. The molecule has 0 radical (unpaired) electrons. The second-order valence-electron chi connectivity index (χ2n) is 10.0. The van der Waals surface area contributed by atoms with E-state index in [2.05, 4.69) is 69.3 Å². The molecular weight excluding hydrogens is 432 g/mol. The Morgan fingerprint density at radius 3 is 1.56 bits per heavy atom. The van der Waals surface area contributed by atoms with Crippen LogP contribution < -0.4 is 15.6 Å². The van der Waals surface area contributed by atoms with Gasteiger partial charge in [0, 0.05) is 0 Å². The Morgan fingerprint density at radius 1 is 0.647 bits per heavy atom. The van der Waals surface area contributed by atoms with Gasteiger partial charge in [-0.3, -0.25) is 0 Å². The van der Waals surface area contributed by atoms with Gasteiger partial charge in [-0.05, 0) is 44.2 Å². The van der Waals surface area contributed by atoms with Gasteiger partial charge in [0.1, 0.15) is 11.4 Å². The van der Waals surface area contributed by atoms with Crippen LogP contribution in [0.5, 0.6) is 5.75 Å². The van der Waals surface area contributed by atoms with Crippen molar-refractivity contribution in [1.82, 2.24) is 0 Å². The fourth-order valence-corrected chi connectivity index (χ4v) is 11.6. The Kier molecular flexibility index (Phi) is 6.53. The number of rotatable bonds is 6. The van der Waals surface area contributed by atoms with E-state index >= 15 is 0 Å². The molecule has 0 saturated carbocycles. The van der Waals surface area contributed by atoms with E-state index in [9.17, 15) is 10.2 Å². The van der Waals surface area contributed by atoms with Crippen molar-refractivity contribution in [3.63, 3.8) is 0 Å². The molecule has 0 aromatic heterocycles. The van der Waals surface area contributed by atoms with Crippen LogP contribution in [0.3, 0.4) is 0 Å². The van der Waals surface area contributed by atoms with E-state index in [0.29, 0.717) is 6.42 Å². The van der Waals surface area contributed by atoms with E-state index in [0.717, 1.165) is 16.3 Å². The Bertz CT molecular complexity index is 1190. The minimum Gasteiger partial charge on any atom is -0.508 e. The molecule has 3 heteroatoms. The zero-order valence-corrected chi connectivity index (χ0v) is 21.5. The average molecular weight is 467 g/mol. The summed E-state index contributed by atoms with van der Waals surface area (Å²) in [6.45, 7) is 8.81. The lowest BCUT2D eigenvalue weighted by Crippen LogP contribution is -2.73. The number of phenolic OH excluding ortho intramolecular Hbond substituents is 1. The summed E-state index contributed by atoms with van der Waals surface area (Å²) in [4.78, 5) is 0. The molecule has 4 aromatic carbocycles. The molecule has 0 aliphatic heterocycles. The molecule has 2 nitrogen and oxygen atoms in total. The molecule has 0 bridgehead atoms. The summed E-state index contributed by atoms with van der Waals surface area (Å²) in [7, 11) is -2.88. The van der Waals surface area contributed by atoms with Crippen LogP contribution in [0, 0.1) is 0 Å². The van der Waals surface area contributed by atoms with Gasteiger partial charge in [-0.25, -0.2) is 0 Å². The second kappa shape index (κ2) is 9.25. The fourth-order valence-electron chi connectivity index (χ4n) is 5.62. The molecule has 0 saturated heterocycles. The van der Waals surface area contributed by atoms with Crippen molar-refractivity contribution in [3.05, 3.63) is 120 Å². The standard InChI is InChI=1S/C31H34O2Si/c1-5-31(33,24-16-9-6-10-17-24)27-22-15-23-28(32)29(27)34(30(2,3)4,25-18-11-7-12-19-25)26-20-13-8-14-21-26/h6-23,32-33H,5H2,1-4H3. The third-order valence-electron chi connectivity index (χ3n) is 7.16. The molecule has 0 amide bonds. The molecule has 4 aromatic rings. The maximum atomic E-state index is 12.3. The molecule has 34 heavy (non-hydrogen) atoms. The predicted molar refractivity (Wildman–Crippen MR) is 145 cm³/mol. The fraction of sp³-hybridized carbons (Fsp3) is 0.226. The monoisotopic (exact) mass is 466 g/mol. The SMILES string of the molecule is CCC(O)(c1ccccc1)c1cccc(O)c1[Si](c1ccccc1)(c1ccccc1)C(C)(C)C. The van der Waals surface area contributed by atoms with Crippen LogP contribution >= 0.6 is 0 Å². The number of hydrogen-bond donors (Lipinski definition) is 2. The first-order valence-corrected chi connectivity index (χ1v) is 14.0. The number of aromatic hydroxyl groups is 1. The van der Waals surface area contributed by atoms with Crippen molar-refractivity contribution < 1.29 is 10.2 Å². The smallest absolute Gasteiger partial charge is 0.158 e. The molecule has 0 fully saturated rings. The molecule has 0 aliphatic carbocycles. The van der Waals surface area contributed by atoms with Gasteiger partial charge in [0.05, 0.1) is 0 Å². The third kappa shape index (κ3) is 3.79. The summed E-state index contributed by atoms with van der Waals surface area (Å²) < 4.78 is 0. The molecule has 0 spiro atoms. The number of phenols is 1. The average Bonchev–Trinajstić information content (AvgIpc) is 2.86. The number of benzene rings is 4. The Labute approximate surface area is 204 Å². The van der Waals surface area contributed by atoms with Gasteiger partial charge in [0.15, 0.2) is 8.07 Å². The molecule has 1 atom stereocenters. The molecule has 0 aliphatic rings. The summed E-state index contributed by atoms with van der Waals surface area (Å²) in [6, 6.07) is 36.6. The van der Waals surface area contributed by atoms with Gasteiger partial charge >= 0.3 is 0 Å². The normalized spacial score (nSPS) is 13.9. The lowest BCUT2D eigenvalue weighted by Gasteiger charge is -2.47. The molecule has 4 rings (SSSR count). The van der Waals surface area contributed by atoms with E-state index in [1.807, 2.05) is 61.5 Å². The van der Waals surface area contributed by atoms with Gasteiger partial charge in [-0.15, -0.1) is 0 Å². The van der Waals surface area contributed by atoms with E-state index < -0.39 is 13.7 Å².